The molecule has 0 atom stereocenters. The zero-order chi connectivity index (χ0) is 23.5. The third kappa shape index (κ3) is 3.70. The summed E-state index contributed by atoms with van der Waals surface area (Å²) >= 11 is 0. The van der Waals surface area contributed by atoms with Gasteiger partial charge in [-0.1, -0.05) is 66.7 Å². The van der Waals surface area contributed by atoms with E-state index in [1.165, 1.54) is 10.2 Å². The van der Waals surface area contributed by atoms with Gasteiger partial charge in [0.05, 0.1) is 11.3 Å². The summed E-state index contributed by atoms with van der Waals surface area (Å²) in [6.07, 6.45) is 3.81. The van der Waals surface area contributed by atoms with Crippen molar-refractivity contribution in [3.8, 4) is 17.8 Å². The normalized spacial score (nSPS) is 11.3. The first-order valence-corrected chi connectivity index (χ1v) is 10.8. The number of nitrogen functional groups attached to an aromatic ring is 1. The molecule has 0 spiro atoms. The molecule has 2 aromatic heterocycles. The molecule has 0 fully saturated rings. The number of para-hydroxylation sites is 2. The van der Waals surface area contributed by atoms with Gasteiger partial charge in [0.25, 0.3) is 0 Å². The van der Waals surface area contributed by atoms with Crippen molar-refractivity contribution < 1.29 is 0 Å². The van der Waals surface area contributed by atoms with Crippen molar-refractivity contribution in [1.29, 1.82) is 10.5 Å². The molecule has 5 aromatic rings. The minimum absolute atomic E-state index is 0.185. The zero-order valence-electron chi connectivity index (χ0n) is 18.3. The minimum atomic E-state index is 0.185. The maximum absolute atomic E-state index is 10.0. The van der Waals surface area contributed by atoms with Gasteiger partial charge in [0.1, 0.15) is 29.2 Å². The Morgan fingerprint density at radius 3 is 2.29 bits per heavy atom. The van der Waals surface area contributed by atoms with Crippen LogP contribution in [0, 0.1) is 22.7 Å². The second kappa shape index (κ2) is 8.82. The second-order valence-corrected chi connectivity index (χ2v) is 7.85. The molecule has 2 N–H and O–H groups in total. The van der Waals surface area contributed by atoms with E-state index in [1.54, 1.807) is 6.08 Å². The van der Waals surface area contributed by atoms with Gasteiger partial charge in [0.2, 0.25) is 0 Å². The van der Waals surface area contributed by atoms with Crippen LogP contribution in [0.4, 0.5) is 5.82 Å². The van der Waals surface area contributed by atoms with Crippen molar-refractivity contribution in [2.45, 2.75) is 6.54 Å². The molecule has 0 saturated heterocycles. The summed E-state index contributed by atoms with van der Waals surface area (Å²) in [6, 6.07) is 31.9. The SMILES string of the molecule is N#C/C(=C/c1cn(Cc2ccccc2)c2ccccc12)c1nn(-c2ccccc2)c(N)c1C#N. The fraction of sp³-hybridized carbons (Fsp3) is 0.0357. The summed E-state index contributed by atoms with van der Waals surface area (Å²) in [5, 5.41) is 25.4. The molecule has 0 bridgehead atoms. The zero-order valence-corrected chi connectivity index (χ0v) is 18.3. The predicted octanol–water partition coefficient (Wildman–Crippen LogP) is 5.39. The number of nitrogens with zero attached hydrogens (tertiary/aromatic N) is 5. The fourth-order valence-corrected chi connectivity index (χ4v) is 4.11. The molecule has 162 valence electrons. The van der Waals surface area contributed by atoms with E-state index in [1.807, 2.05) is 72.9 Å². The van der Waals surface area contributed by atoms with Crippen molar-refractivity contribution >= 4 is 28.4 Å². The van der Waals surface area contributed by atoms with Crippen molar-refractivity contribution in [1.82, 2.24) is 14.3 Å². The summed E-state index contributed by atoms with van der Waals surface area (Å²) in [5.74, 6) is 0.205. The Balaban J connectivity index is 1.63. The molecule has 0 saturated carbocycles. The molecule has 0 unspecified atom stereocenters. The average Bonchev–Trinajstić information content (AvgIpc) is 3.40. The monoisotopic (exact) mass is 440 g/mol. The number of aromatic nitrogens is 3. The standard InChI is InChI=1S/C28H20N6/c29-16-21(27-25(17-30)28(31)34(32-27)23-11-5-2-6-12-23)15-22-19-33(18-20-9-3-1-4-10-20)26-14-8-7-13-24(22)26/h1-15,19H,18,31H2/b21-15-. The van der Waals surface area contributed by atoms with Crippen molar-refractivity contribution in [3.05, 3.63) is 114 Å². The van der Waals surface area contributed by atoms with Crippen LogP contribution in [0.1, 0.15) is 22.4 Å². The summed E-state index contributed by atoms with van der Waals surface area (Å²) < 4.78 is 3.66. The van der Waals surface area contributed by atoms with Gasteiger partial charge in [0, 0.05) is 29.2 Å². The smallest absolute Gasteiger partial charge is 0.145 e. The lowest BCUT2D eigenvalue weighted by molar-refractivity contribution is 0.836. The Morgan fingerprint density at radius 2 is 1.59 bits per heavy atom. The van der Waals surface area contributed by atoms with E-state index in [0.29, 0.717) is 6.54 Å². The van der Waals surface area contributed by atoms with Gasteiger partial charge >= 0.3 is 0 Å². The van der Waals surface area contributed by atoms with Gasteiger partial charge in [-0.2, -0.15) is 15.6 Å². The fourth-order valence-electron chi connectivity index (χ4n) is 4.11. The molecule has 0 amide bonds. The van der Waals surface area contributed by atoms with Crippen LogP contribution in [-0.2, 0) is 6.54 Å². The topological polar surface area (TPSA) is 96.3 Å². The minimum Gasteiger partial charge on any atom is -0.382 e. The number of allylic oxidation sites excluding steroid dienone is 1. The van der Waals surface area contributed by atoms with Crippen LogP contribution in [0.25, 0.3) is 28.2 Å². The molecule has 0 aliphatic rings. The van der Waals surface area contributed by atoms with E-state index in [9.17, 15) is 10.5 Å². The van der Waals surface area contributed by atoms with Gasteiger partial charge in [-0.15, -0.1) is 0 Å². The summed E-state index contributed by atoms with van der Waals surface area (Å²) in [6.45, 7) is 0.704. The summed E-state index contributed by atoms with van der Waals surface area (Å²) in [5.41, 5.74) is 10.8. The quantitative estimate of drug-likeness (QED) is 0.370. The van der Waals surface area contributed by atoms with E-state index in [0.717, 1.165) is 22.2 Å². The first-order chi connectivity index (χ1) is 16.7. The number of nitriles is 2. The largest absolute Gasteiger partial charge is 0.382 e. The third-order valence-electron chi connectivity index (χ3n) is 5.72. The van der Waals surface area contributed by atoms with Crippen LogP contribution in [-0.4, -0.2) is 14.3 Å². The van der Waals surface area contributed by atoms with E-state index in [2.05, 4.69) is 40.0 Å². The predicted molar refractivity (Wildman–Crippen MR) is 134 cm³/mol. The van der Waals surface area contributed by atoms with Gasteiger partial charge < -0.3 is 10.3 Å². The van der Waals surface area contributed by atoms with Crippen molar-refractivity contribution in [3.63, 3.8) is 0 Å². The molecule has 6 nitrogen and oxygen atoms in total. The Hall–Kier alpha value is -5.07. The summed E-state index contributed by atoms with van der Waals surface area (Å²) in [7, 11) is 0. The molecular weight excluding hydrogens is 420 g/mol. The highest BCUT2D eigenvalue weighted by Crippen LogP contribution is 2.30. The number of anilines is 1. The molecule has 5 rings (SSSR count). The Bertz CT molecular complexity index is 1590. The Kier molecular flexibility index (Phi) is 5.40. The molecule has 2 heterocycles. The molecule has 6 heteroatoms. The highest BCUT2D eigenvalue weighted by atomic mass is 15.3. The highest BCUT2D eigenvalue weighted by molar-refractivity contribution is 5.98. The lowest BCUT2D eigenvalue weighted by atomic mass is 10.1. The number of benzene rings is 3. The van der Waals surface area contributed by atoms with Gasteiger partial charge in [-0.3, -0.25) is 0 Å². The van der Waals surface area contributed by atoms with Crippen LogP contribution in [0.15, 0.2) is 91.1 Å². The van der Waals surface area contributed by atoms with Crippen LogP contribution >= 0.6 is 0 Å². The molecule has 0 aliphatic carbocycles. The average molecular weight is 441 g/mol. The van der Waals surface area contributed by atoms with Crippen molar-refractivity contribution in [2.75, 3.05) is 5.73 Å². The Morgan fingerprint density at radius 1 is 0.912 bits per heavy atom. The van der Waals surface area contributed by atoms with E-state index < -0.39 is 0 Å². The van der Waals surface area contributed by atoms with Gasteiger partial charge in [0.15, 0.2) is 0 Å². The maximum Gasteiger partial charge on any atom is 0.145 e. The van der Waals surface area contributed by atoms with Crippen LogP contribution in [0.3, 0.4) is 0 Å². The van der Waals surface area contributed by atoms with Crippen LogP contribution in [0.2, 0.25) is 0 Å². The molecule has 3 aromatic carbocycles. The van der Waals surface area contributed by atoms with E-state index >= 15 is 0 Å². The first-order valence-electron chi connectivity index (χ1n) is 10.8. The lowest BCUT2D eigenvalue weighted by Gasteiger charge is -2.05. The highest BCUT2D eigenvalue weighted by Gasteiger charge is 2.20. The molecule has 0 aliphatic heterocycles. The third-order valence-corrected chi connectivity index (χ3v) is 5.72. The van der Waals surface area contributed by atoms with Crippen LogP contribution < -0.4 is 5.73 Å². The second-order valence-electron chi connectivity index (χ2n) is 7.85. The lowest BCUT2D eigenvalue weighted by Crippen LogP contribution is -2.02. The van der Waals surface area contributed by atoms with Crippen LogP contribution in [0.5, 0.6) is 0 Å². The maximum atomic E-state index is 10.0. The molecule has 34 heavy (non-hydrogen) atoms. The van der Waals surface area contributed by atoms with E-state index in [4.69, 9.17) is 5.73 Å². The number of rotatable bonds is 5. The Labute approximate surface area is 197 Å². The van der Waals surface area contributed by atoms with Gasteiger partial charge in [-0.05, 0) is 29.8 Å². The first kappa shape index (κ1) is 20.8. The number of hydrogen-bond donors (Lipinski definition) is 1. The van der Waals surface area contributed by atoms with Gasteiger partial charge in [-0.25, -0.2) is 4.68 Å². The number of fused-ring (bicyclic) bond motifs is 1. The number of nitrogens with two attached hydrogens (primary N) is 1. The summed E-state index contributed by atoms with van der Waals surface area (Å²) in [4.78, 5) is 0. The molecule has 0 radical (unpaired) electrons. The number of hydrogen-bond acceptors (Lipinski definition) is 4. The van der Waals surface area contributed by atoms with Crippen molar-refractivity contribution in [2.24, 2.45) is 0 Å². The molecular formula is C28H20N6. The van der Waals surface area contributed by atoms with E-state index in [-0.39, 0.29) is 22.6 Å².